The molecule has 0 heterocycles. The maximum Gasteiger partial charge on any atom is 0.328 e. The zero-order valence-corrected chi connectivity index (χ0v) is 30.3. The summed E-state index contributed by atoms with van der Waals surface area (Å²) in [6.45, 7) is 15.2. The molecule has 8 heteroatoms. The molecule has 274 valence electrons. The maximum absolute atomic E-state index is 12.7. The number of methoxy groups -OCH3 is 1. The molecule has 4 saturated carbocycles. The van der Waals surface area contributed by atoms with Crippen LogP contribution in [0.3, 0.4) is 0 Å². The van der Waals surface area contributed by atoms with Crippen LogP contribution < -0.4 is 22.1 Å². The molecule has 0 bridgehead atoms. The first-order chi connectivity index (χ1) is 22.1. The van der Waals surface area contributed by atoms with Crippen molar-refractivity contribution in [2.24, 2.45) is 57.8 Å². The number of nitrogens with two attached hydrogens (primary N) is 2. The average molecular weight is 662 g/mol. The Kier molecular flexibility index (Phi) is 16.0. The summed E-state index contributed by atoms with van der Waals surface area (Å²) in [5.74, 6) is 3.86. The third kappa shape index (κ3) is 9.73. The summed E-state index contributed by atoms with van der Waals surface area (Å²) in [6.07, 6.45) is 18.3. The molecule has 1 amide bonds. The lowest BCUT2D eigenvalue weighted by Gasteiger charge is -2.61. The van der Waals surface area contributed by atoms with Crippen LogP contribution in [-0.4, -0.2) is 75.2 Å². The molecule has 47 heavy (non-hydrogen) atoms. The summed E-state index contributed by atoms with van der Waals surface area (Å²) in [5.41, 5.74) is 12.5. The fraction of sp³-hybridized carbons (Fsp3) is 0.949. The summed E-state index contributed by atoms with van der Waals surface area (Å²) >= 11 is 0. The third-order valence-electron chi connectivity index (χ3n) is 13.7. The summed E-state index contributed by atoms with van der Waals surface area (Å²) < 4.78 is 4.90. The van der Waals surface area contributed by atoms with E-state index in [0.717, 1.165) is 94.5 Å². The van der Waals surface area contributed by atoms with Gasteiger partial charge >= 0.3 is 5.97 Å². The first-order valence-corrected chi connectivity index (χ1v) is 19.3. The number of amides is 1. The number of carbonyl (C=O) groups excluding carboxylic acids is 2. The first-order valence-electron chi connectivity index (χ1n) is 19.3. The average Bonchev–Trinajstić information content (AvgIpc) is 3.38. The molecule has 8 nitrogen and oxygen atoms in total. The standard InChI is InChI=1S/C38H71N5O3.CH4/c1-27(2)35(36(45)46-5)42-34(44)11-6-10-28-13-15-32-31-14-12-29-26-30(16-18-38(29,4)33(31)17-19-37(28,32)3)41-22-9-25-43(23-7-20-39)24-8-21-40;/h27-33,35,41H,6-26,39-40H2,1-5H3,(H,42,44);1H4. The van der Waals surface area contributed by atoms with Crippen LogP contribution in [0.5, 0.6) is 0 Å². The molecule has 4 aliphatic carbocycles. The van der Waals surface area contributed by atoms with Crippen LogP contribution in [0.25, 0.3) is 0 Å². The summed E-state index contributed by atoms with van der Waals surface area (Å²) in [7, 11) is 1.39. The van der Waals surface area contributed by atoms with Crippen LogP contribution in [-0.2, 0) is 14.3 Å². The number of nitrogens with one attached hydrogen (secondary N) is 2. The van der Waals surface area contributed by atoms with Crippen molar-refractivity contribution in [3.63, 3.8) is 0 Å². The zero-order chi connectivity index (χ0) is 33.3. The Morgan fingerprint density at radius 3 is 2.19 bits per heavy atom. The number of hydrogen-bond donors (Lipinski definition) is 4. The van der Waals surface area contributed by atoms with Crippen molar-refractivity contribution in [2.75, 3.05) is 46.4 Å². The minimum atomic E-state index is -0.558. The van der Waals surface area contributed by atoms with Crippen molar-refractivity contribution in [1.29, 1.82) is 0 Å². The van der Waals surface area contributed by atoms with Crippen LogP contribution >= 0.6 is 0 Å². The van der Waals surface area contributed by atoms with Gasteiger partial charge < -0.3 is 31.7 Å². The van der Waals surface area contributed by atoms with Gasteiger partial charge in [0.15, 0.2) is 0 Å². The largest absolute Gasteiger partial charge is 0.467 e. The summed E-state index contributed by atoms with van der Waals surface area (Å²) in [4.78, 5) is 27.4. The molecule has 6 N–H and O–H groups in total. The van der Waals surface area contributed by atoms with Gasteiger partial charge in [0, 0.05) is 12.5 Å². The van der Waals surface area contributed by atoms with Gasteiger partial charge in [-0.2, -0.15) is 0 Å². The van der Waals surface area contributed by atoms with Gasteiger partial charge in [0.05, 0.1) is 7.11 Å². The van der Waals surface area contributed by atoms with Crippen molar-refractivity contribution in [3.8, 4) is 0 Å². The van der Waals surface area contributed by atoms with E-state index < -0.39 is 6.04 Å². The van der Waals surface area contributed by atoms with Gasteiger partial charge in [-0.05, 0) is 175 Å². The molecule has 4 rings (SSSR count). The third-order valence-corrected chi connectivity index (χ3v) is 13.7. The Morgan fingerprint density at radius 2 is 1.53 bits per heavy atom. The van der Waals surface area contributed by atoms with Crippen molar-refractivity contribution >= 4 is 11.9 Å². The lowest BCUT2D eigenvalue weighted by Crippen LogP contribution is -2.55. The van der Waals surface area contributed by atoms with Gasteiger partial charge in [-0.1, -0.05) is 35.1 Å². The second-order valence-corrected chi connectivity index (χ2v) is 16.6. The molecule has 0 aliphatic heterocycles. The van der Waals surface area contributed by atoms with Gasteiger partial charge in [0.25, 0.3) is 0 Å². The fourth-order valence-corrected chi connectivity index (χ4v) is 11.0. The monoisotopic (exact) mass is 662 g/mol. The lowest BCUT2D eigenvalue weighted by molar-refractivity contribution is -0.146. The number of hydrogen-bond acceptors (Lipinski definition) is 7. The molecule has 4 aliphatic rings. The fourth-order valence-electron chi connectivity index (χ4n) is 11.0. The van der Waals surface area contributed by atoms with Crippen LogP contribution in [0.15, 0.2) is 0 Å². The second kappa shape index (κ2) is 18.7. The number of carbonyl (C=O) groups is 2. The van der Waals surface area contributed by atoms with Crippen molar-refractivity contribution in [2.45, 2.75) is 144 Å². The van der Waals surface area contributed by atoms with Crippen LogP contribution in [0.4, 0.5) is 0 Å². The quantitative estimate of drug-likeness (QED) is 0.103. The van der Waals surface area contributed by atoms with E-state index in [1.165, 1.54) is 71.3 Å². The number of esters is 1. The molecule has 9 atom stereocenters. The van der Waals surface area contributed by atoms with E-state index in [0.29, 0.717) is 23.3 Å². The van der Waals surface area contributed by atoms with Gasteiger partial charge in [-0.25, -0.2) is 4.79 Å². The molecule has 0 aromatic rings. The molecular weight excluding hydrogens is 586 g/mol. The van der Waals surface area contributed by atoms with Crippen molar-refractivity contribution in [1.82, 2.24) is 15.5 Å². The van der Waals surface area contributed by atoms with E-state index in [-0.39, 0.29) is 25.2 Å². The minimum absolute atomic E-state index is 0. The molecular formula is C39H75N5O3. The predicted octanol–water partition coefficient (Wildman–Crippen LogP) is 6.11. The Hall–Kier alpha value is -1.22. The highest BCUT2D eigenvalue weighted by Crippen LogP contribution is 2.67. The van der Waals surface area contributed by atoms with E-state index in [4.69, 9.17) is 16.2 Å². The van der Waals surface area contributed by atoms with E-state index >= 15 is 0 Å². The van der Waals surface area contributed by atoms with Gasteiger partial charge in [-0.15, -0.1) is 0 Å². The SMILES string of the molecule is C.COC(=O)C(NC(=O)CCCC1CCC2C3CCC4CC(NCCCN(CCCN)CCCN)CCC4(C)C3CCC12C)C(C)C. The van der Waals surface area contributed by atoms with Crippen molar-refractivity contribution < 1.29 is 14.3 Å². The molecule has 0 aromatic carbocycles. The second-order valence-electron chi connectivity index (χ2n) is 16.6. The topological polar surface area (TPSA) is 123 Å². The normalized spacial score (nSPS) is 33.8. The van der Waals surface area contributed by atoms with Gasteiger partial charge in [0.2, 0.25) is 5.91 Å². The number of ether oxygens (including phenoxy) is 1. The van der Waals surface area contributed by atoms with Gasteiger partial charge in [-0.3, -0.25) is 4.79 Å². The highest BCUT2D eigenvalue weighted by molar-refractivity contribution is 5.84. The Labute approximate surface area is 289 Å². The van der Waals surface area contributed by atoms with Crippen LogP contribution in [0, 0.1) is 46.3 Å². The van der Waals surface area contributed by atoms with Crippen LogP contribution in [0.1, 0.15) is 131 Å². The zero-order valence-electron chi connectivity index (χ0n) is 30.3. The lowest BCUT2D eigenvalue weighted by atomic mass is 9.44. The van der Waals surface area contributed by atoms with Crippen LogP contribution in [0.2, 0.25) is 0 Å². The molecule has 0 aromatic heterocycles. The minimum Gasteiger partial charge on any atom is -0.467 e. The van der Waals surface area contributed by atoms with E-state index in [9.17, 15) is 9.59 Å². The van der Waals surface area contributed by atoms with E-state index in [1.54, 1.807) is 0 Å². The Bertz CT molecular complexity index is 955. The molecule has 9 unspecified atom stereocenters. The highest BCUT2D eigenvalue weighted by atomic mass is 16.5. The Balaban J connectivity index is 0.00000600. The maximum atomic E-state index is 12.7. The number of nitrogens with zero attached hydrogens (tertiary/aromatic N) is 1. The smallest absolute Gasteiger partial charge is 0.328 e. The van der Waals surface area contributed by atoms with Crippen molar-refractivity contribution in [3.05, 3.63) is 0 Å². The molecule has 4 fully saturated rings. The number of rotatable bonds is 18. The summed E-state index contributed by atoms with van der Waals surface area (Å²) in [6, 6.07) is 0.124. The predicted molar refractivity (Wildman–Crippen MR) is 195 cm³/mol. The Morgan fingerprint density at radius 1 is 0.872 bits per heavy atom. The molecule has 0 spiro atoms. The first kappa shape index (κ1) is 40.2. The molecule has 0 radical (unpaired) electrons. The van der Waals surface area contributed by atoms with E-state index in [2.05, 4.69) is 29.4 Å². The highest BCUT2D eigenvalue weighted by Gasteiger charge is 2.59. The van der Waals surface area contributed by atoms with E-state index in [1.807, 2.05) is 13.8 Å². The summed E-state index contributed by atoms with van der Waals surface area (Å²) in [5, 5.41) is 6.92. The molecule has 0 saturated heterocycles. The number of fused-ring (bicyclic) bond motifs is 5. The van der Waals surface area contributed by atoms with Gasteiger partial charge in [0.1, 0.15) is 6.04 Å².